The molecule has 28 heavy (non-hydrogen) atoms. The molecule has 0 aromatic heterocycles. The van der Waals surface area contributed by atoms with Gasteiger partial charge >= 0.3 is 0 Å². The van der Waals surface area contributed by atoms with Gasteiger partial charge in [0.1, 0.15) is 6.04 Å². The minimum atomic E-state index is -0.947. The van der Waals surface area contributed by atoms with Crippen molar-refractivity contribution in [2.45, 2.75) is 63.2 Å². The number of fused-ring (bicyclic) bond motifs is 1. The summed E-state index contributed by atoms with van der Waals surface area (Å²) in [5, 5.41) is 5.64. The van der Waals surface area contributed by atoms with Crippen LogP contribution in [0.25, 0.3) is 0 Å². The fourth-order valence-electron chi connectivity index (χ4n) is 4.39. The van der Waals surface area contributed by atoms with E-state index in [-0.39, 0.29) is 30.8 Å². The third-order valence-corrected chi connectivity index (χ3v) is 5.93. The summed E-state index contributed by atoms with van der Waals surface area (Å²) >= 11 is 0. The number of hydrogen-bond acceptors (Lipinski definition) is 6. The molecule has 2 fully saturated rings. The second kappa shape index (κ2) is 7.44. The van der Waals surface area contributed by atoms with Crippen molar-refractivity contribution in [1.82, 2.24) is 15.5 Å². The number of nitrogens with zero attached hydrogens (tertiary/aromatic N) is 1. The number of carbonyl (C=O) groups excluding carboxylic acids is 4. The molecule has 4 N–H and O–H groups in total. The van der Waals surface area contributed by atoms with Gasteiger partial charge in [-0.1, -0.05) is 25.0 Å². The van der Waals surface area contributed by atoms with Gasteiger partial charge in [-0.15, -0.1) is 0 Å². The molecule has 4 rings (SSSR count). The number of hydrogen-bond donors (Lipinski definition) is 3. The van der Waals surface area contributed by atoms with Gasteiger partial charge < -0.3 is 11.1 Å². The summed E-state index contributed by atoms with van der Waals surface area (Å²) in [5.74, 6) is -1.93. The summed E-state index contributed by atoms with van der Waals surface area (Å²) < 4.78 is 0. The number of benzene rings is 1. The molecule has 4 amide bonds. The average molecular weight is 384 g/mol. The number of carbonyl (C=O) groups is 4. The van der Waals surface area contributed by atoms with Gasteiger partial charge in [-0.25, -0.2) is 0 Å². The minimum absolute atomic E-state index is 0.0859. The van der Waals surface area contributed by atoms with E-state index in [1.807, 2.05) is 6.07 Å². The highest BCUT2D eigenvalue weighted by atomic mass is 16.2. The van der Waals surface area contributed by atoms with Crippen molar-refractivity contribution in [3.05, 3.63) is 34.9 Å². The van der Waals surface area contributed by atoms with Gasteiger partial charge in [-0.3, -0.25) is 29.4 Å². The molecular formula is C20H24N4O4. The maximum absolute atomic E-state index is 13.1. The highest BCUT2D eigenvalue weighted by molar-refractivity contribution is 6.24. The third kappa shape index (κ3) is 3.22. The Hall–Kier alpha value is -2.58. The molecule has 1 saturated heterocycles. The van der Waals surface area contributed by atoms with E-state index in [1.54, 1.807) is 12.1 Å². The maximum Gasteiger partial charge on any atom is 0.262 e. The highest BCUT2D eigenvalue weighted by Crippen LogP contribution is 2.30. The van der Waals surface area contributed by atoms with Crippen LogP contribution in [-0.2, 0) is 16.1 Å². The first-order chi connectivity index (χ1) is 13.5. The van der Waals surface area contributed by atoms with E-state index in [4.69, 9.17) is 5.73 Å². The first-order valence-corrected chi connectivity index (χ1v) is 9.80. The molecule has 0 radical (unpaired) electrons. The lowest BCUT2D eigenvalue weighted by atomic mass is 9.90. The second-order valence-electron chi connectivity index (χ2n) is 7.72. The van der Waals surface area contributed by atoms with Crippen molar-refractivity contribution < 1.29 is 19.2 Å². The van der Waals surface area contributed by atoms with Gasteiger partial charge in [0.05, 0.1) is 11.1 Å². The Morgan fingerprint density at radius 2 is 1.86 bits per heavy atom. The monoisotopic (exact) mass is 384 g/mol. The number of nitrogens with two attached hydrogens (primary N) is 1. The lowest BCUT2D eigenvalue weighted by Crippen LogP contribution is -2.54. The molecule has 1 saturated carbocycles. The molecule has 1 aromatic rings. The Labute approximate surface area is 162 Å². The molecule has 0 bridgehead atoms. The molecule has 8 heteroatoms. The van der Waals surface area contributed by atoms with E-state index in [0.717, 1.165) is 36.1 Å². The summed E-state index contributed by atoms with van der Waals surface area (Å²) in [7, 11) is 0. The van der Waals surface area contributed by atoms with Gasteiger partial charge in [0.25, 0.3) is 11.8 Å². The SMILES string of the molecule is N[C@@H]1CCCC[C@H]1NCc1cccc2c1C(=O)N(C1CCC(=O)NC1=O)C2=O. The molecule has 3 aliphatic rings. The zero-order valence-corrected chi connectivity index (χ0v) is 15.6. The van der Waals surface area contributed by atoms with Gasteiger partial charge in [0.2, 0.25) is 11.8 Å². The highest BCUT2D eigenvalue weighted by Gasteiger charge is 2.45. The molecule has 1 unspecified atom stereocenters. The molecule has 1 aromatic carbocycles. The zero-order chi connectivity index (χ0) is 19.8. The smallest absolute Gasteiger partial charge is 0.262 e. The van der Waals surface area contributed by atoms with Crippen LogP contribution in [0.1, 0.15) is 64.8 Å². The van der Waals surface area contributed by atoms with E-state index < -0.39 is 23.8 Å². The summed E-state index contributed by atoms with van der Waals surface area (Å²) in [6.07, 6.45) is 4.49. The van der Waals surface area contributed by atoms with E-state index >= 15 is 0 Å². The van der Waals surface area contributed by atoms with Crippen molar-refractivity contribution in [3.63, 3.8) is 0 Å². The Balaban J connectivity index is 1.56. The molecule has 3 atom stereocenters. The maximum atomic E-state index is 13.1. The molecule has 2 aliphatic heterocycles. The van der Waals surface area contributed by atoms with Crippen LogP contribution in [0.2, 0.25) is 0 Å². The predicted octanol–water partition coefficient (Wildman–Crippen LogP) is 0.447. The van der Waals surface area contributed by atoms with Crippen molar-refractivity contribution in [3.8, 4) is 0 Å². The van der Waals surface area contributed by atoms with Crippen LogP contribution in [-0.4, -0.2) is 46.7 Å². The van der Waals surface area contributed by atoms with Crippen LogP contribution < -0.4 is 16.4 Å². The van der Waals surface area contributed by atoms with E-state index in [2.05, 4.69) is 10.6 Å². The van der Waals surface area contributed by atoms with Crippen LogP contribution >= 0.6 is 0 Å². The largest absolute Gasteiger partial charge is 0.326 e. The lowest BCUT2D eigenvalue weighted by Gasteiger charge is -2.29. The molecule has 2 heterocycles. The van der Waals surface area contributed by atoms with Crippen molar-refractivity contribution in [2.75, 3.05) is 0 Å². The van der Waals surface area contributed by atoms with Gasteiger partial charge in [0, 0.05) is 25.0 Å². The van der Waals surface area contributed by atoms with Crippen molar-refractivity contribution in [1.29, 1.82) is 0 Å². The summed E-state index contributed by atoms with van der Waals surface area (Å²) in [5.41, 5.74) is 7.56. The predicted molar refractivity (Wildman–Crippen MR) is 100 cm³/mol. The number of imide groups is 2. The number of rotatable bonds is 4. The Bertz CT molecular complexity index is 853. The van der Waals surface area contributed by atoms with E-state index in [9.17, 15) is 19.2 Å². The van der Waals surface area contributed by atoms with E-state index in [1.165, 1.54) is 0 Å². The van der Waals surface area contributed by atoms with Crippen LogP contribution in [0.15, 0.2) is 18.2 Å². The van der Waals surface area contributed by atoms with Crippen LogP contribution in [0, 0.1) is 0 Å². The molecule has 1 aliphatic carbocycles. The minimum Gasteiger partial charge on any atom is -0.326 e. The Morgan fingerprint density at radius 3 is 2.61 bits per heavy atom. The van der Waals surface area contributed by atoms with Gasteiger partial charge in [-0.05, 0) is 30.9 Å². The number of nitrogens with one attached hydrogen (secondary N) is 2. The first kappa shape index (κ1) is 18.8. The summed E-state index contributed by atoms with van der Waals surface area (Å²) in [6, 6.07) is 4.50. The first-order valence-electron chi connectivity index (χ1n) is 9.80. The van der Waals surface area contributed by atoms with E-state index in [0.29, 0.717) is 17.7 Å². The fraction of sp³-hybridized carbons (Fsp3) is 0.500. The molecular weight excluding hydrogens is 360 g/mol. The zero-order valence-electron chi connectivity index (χ0n) is 15.6. The summed E-state index contributed by atoms with van der Waals surface area (Å²) in [6.45, 7) is 0.434. The topological polar surface area (TPSA) is 122 Å². The standard InChI is InChI=1S/C20H24N4O4/c21-13-6-1-2-7-14(13)22-10-11-4-3-5-12-17(11)20(28)24(19(12)27)15-8-9-16(25)23-18(15)26/h3-5,13-15,22H,1-2,6-10,21H2,(H,23,25,26)/t13-,14-,15?/m1/s1. The second-order valence-corrected chi connectivity index (χ2v) is 7.72. The fourth-order valence-corrected chi connectivity index (χ4v) is 4.39. The summed E-state index contributed by atoms with van der Waals surface area (Å²) in [4.78, 5) is 50.5. The van der Waals surface area contributed by atoms with Crippen molar-refractivity contribution >= 4 is 23.6 Å². The Morgan fingerprint density at radius 1 is 1.07 bits per heavy atom. The quantitative estimate of drug-likeness (QED) is 0.648. The lowest BCUT2D eigenvalue weighted by molar-refractivity contribution is -0.136. The van der Waals surface area contributed by atoms with Gasteiger partial charge in [0.15, 0.2) is 0 Å². The molecule has 0 spiro atoms. The molecule has 148 valence electrons. The van der Waals surface area contributed by atoms with Crippen LogP contribution in [0.5, 0.6) is 0 Å². The number of piperidine rings is 1. The average Bonchev–Trinajstić information content (AvgIpc) is 2.93. The van der Waals surface area contributed by atoms with Crippen molar-refractivity contribution in [2.24, 2.45) is 5.73 Å². The van der Waals surface area contributed by atoms with Crippen LogP contribution in [0.3, 0.4) is 0 Å². The number of amides is 4. The Kier molecular flexibility index (Phi) is 4.99. The normalized spacial score (nSPS) is 27.8. The van der Waals surface area contributed by atoms with Crippen LogP contribution in [0.4, 0.5) is 0 Å². The third-order valence-electron chi connectivity index (χ3n) is 5.93. The molecule has 8 nitrogen and oxygen atoms in total. The van der Waals surface area contributed by atoms with Gasteiger partial charge in [-0.2, -0.15) is 0 Å².